The van der Waals surface area contributed by atoms with Crippen LogP contribution in [0.5, 0.6) is 5.75 Å². The summed E-state index contributed by atoms with van der Waals surface area (Å²) in [5, 5.41) is 16.9. The lowest BCUT2D eigenvalue weighted by Gasteiger charge is -2.44. The first-order chi connectivity index (χ1) is 17.5. The van der Waals surface area contributed by atoms with Crippen molar-refractivity contribution < 1.29 is 22.7 Å². The number of phenolic OH excluding ortho intramolecular Hbond substituents is 1. The van der Waals surface area contributed by atoms with Gasteiger partial charge in [-0.25, -0.2) is 8.42 Å². The van der Waals surface area contributed by atoms with Gasteiger partial charge in [0.25, 0.3) is 10.9 Å². The highest BCUT2D eigenvalue weighted by atomic mass is 32.2. The number of hydrogen-bond acceptors (Lipinski definition) is 10. The highest BCUT2D eigenvalue weighted by Crippen LogP contribution is 2.44. The van der Waals surface area contributed by atoms with Gasteiger partial charge in [-0.3, -0.25) is 9.59 Å². The lowest BCUT2D eigenvalue weighted by atomic mass is 9.79. The molecule has 2 aromatic carbocycles. The summed E-state index contributed by atoms with van der Waals surface area (Å²) in [5.41, 5.74) is -1.84. The van der Waals surface area contributed by atoms with Crippen LogP contribution in [-0.2, 0) is 14.8 Å². The van der Waals surface area contributed by atoms with Crippen LogP contribution in [0.4, 0.5) is 17.1 Å². The topological polar surface area (TPSA) is 141 Å². The van der Waals surface area contributed by atoms with E-state index < -0.39 is 32.7 Å². The van der Waals surface area contributed by atoms with E-state index >= 15 is 0 Å². The molecule has 0 spiro atoms. The summed E-state index contributed by atoms with van der Waals surface area (Å²) >= 11 is 0. The number of rotatable bonds is 8. The van der Waals surface area contributed by atoms with Gasteiger partial charge >= 0.3 is 0 Å². The van der Waals surface area contributed by atoms with E-state index in [0.717, 1.165) is 0 Å². The number of nitrogens with zero attached hydrogens (tertiary/aromatic N) is 2. The molecule has 1 unspecified atom stereocenters. The van der Waals surface area contributed by atoms with E-state index in [1.165, 1.54) is 22.5 Å². The molecule has 0 bridgehead atoms. The molecule has 37 heavy (non-hydrogen) atoms. The first kappa shape index (κ1) is 25.5. The maximum Gasteiger partial charge on any atom is 0.253 e. The zero-order valence-corrected chi connectivity index (χ0v) is 21.7. The van der Waals surface area contributed by atoms with Crippen molar-refractivity contribution in [3.63, 3.8) is 0 Å². The number of para-hydroxylation sites is 1. The van der Waals surface area contributed by atoms with Gasteiger partial charge < -0.3 is 29.8 Å². The highest BCUT2D eigenvalue weighted by Gasteiger charge is 2.45. The predicted octanol–water partition coefficient (Wildman–Crippen LogP) is 1.76. The molecule has 0 saturated carbocycles. The molecule has 3 aromatic rings. The van der Waals surface area contributed by atoms with Crippen LogP contribution in [0, 0.1) is 12.3 Å². The molecule has 1 aromatic heterocycles. The Kier molecular flexibility index (Phi) is 6.39. The number of nitrogens with one attached hydrogen (secondary N) is 2. The number of sulfonamides is 1. The Hall–Kier alpha value is -3.19. The normalized spacial score (nSPS) is 19.4. The van der Waals surface area contributed by atoms with Crippen molar-refractivity contribution in [1.82, 2.24) is 9.21 Å². The Bertz CT molecular complexity index is 1490. The van der Waals surface area contributed by atoms with E-state index in [1.54, 1.807) is 0 Å². The fourth-order valence-corrected chi connectivity index (χ4v) is 6.24. The maximum atomic E-state index is 13.2. The second-order valence-corrected chi connectivity index (χ2v) is 12.0. The van der Waals surface area contributed by atoms with E-state index in [1.807, 2.05) is 37.9 Å². The minimum absolute atomic E-state index is 0.00827. The Morgan fingerprint density at radius 1 is 1.03 bits per heavy atom. The average molecular weight is 531 g/mol. The number of piperazine rings is 1. The predicted molar refractivity (Wildman–Crippen MR) is 138 cm³/mol. The summed E-state index contributed by atoms with van der Waals surface area (Å²) in [4.78, 5) is 26.9. The van der Waals surface area contributed by atoms with E-state index in [4.69, 9.17) is 9.15 Å². The van der Waals surface area contributed by atoms with Crippen LogP contribution in [0.1, 0.15) is 24.5 Å². The summed E-state index contributed by atoms with van der Waals surface area (Å²) in [5.74, 6) is 0.792. The van der Waals surface area contributed by atoms with Crippen molar-refractivity contribution in [2.75, 3.05) is 57.1 Å². The number of hydrogen-bond donors (Lipinski definition) is 3. The van der Waals surface area contributed by atoms with E-state index in [2.05, 4.69) is 10.6 Å². The standard InChI is InChI=1S/C25H30N4O7S/c1-15-7-8-17(36-15)24(25(2)13-35-14-25)27-20-19(22(31)23(20)32)26-16-5-4-6-18(21(16)30)37(33,34)29-11-9-28(3)10-12-29/h4-8,24,26-27,30H,9-14H2,1-3H3. The van der Waals surface area contributed by atoms with Crippen LogP contribution in [0.3, 0.4) is 0 Å². The summed E-state index contributed by atoms with van der Waals surface area (Å²) in [6, 6.07) is 7.43. The summed E-state index contributed by atoms with van der Waals surface area (Å²) < 4.78 is 39.0. The molecule has 0 radical (unpaired) electrons. The Balaban J connectivity index is 1.44. The molecule has 2 aliphatic heterocycles. The second kappa shape index (κ2) is 9.28. The van der Waals surface area contributed by atoms with Crippen molar-refractivity contribution in [3.05, 3.63) is 62.3 Å². The van der Waals surface area contributed by atoms with Crippen molar-refractivity contribution in [2.24, 2.45) is 5.41 Å². The molecule has 1 atom stereocenters. The summed E-state index contributed by atoms with van der Waals surface area (Å²) in [6.45, 7) is 6.45. The third kappa shape index (κ3) is 4.43. The van der Waals surface area contributed by atoms with E-state index in [0.29, 0.717) is 50.9 Å². The number of aryl methyl sites for hydroxylation is 1. The molecule has 11 nitrogen and oxygen atoms in total. The van der Waals surface area contributed by atoms with Gasteiger partial charge in [0.05, 0.1) is 24.9 Å². The summed E-state index contributed by atoms with van der Waals surface area (Å²) in [7, 11) is -2.05. The first-order valence-electron chi connectivity index (χ1n) is 12.0. The molecular formula is C25H30N4O7S. The number of phenols is 1. The van der Waals surface area contributed by atoms with Crippen molar-refractivity contribution >= 4 is 27.1 Å². The Labute approximate surface area is 214 Å². The van der Waals surface area contributed by atoms with Gasteiger partial charge in [0.1, 0.15) is 27.8 Å². The lowest BCUT2D eigenvalue weighted by Crippen LogP contribution is -2.49. The van der Waals surface area contributed by atoms with Gasteiger partial charge in [0, 0.05) is 31.6 Å². The van der Waals surface area contributed by atoms with Crippen LogP contribution in [-0.4, -0.2) is 69.2 Å². The molecule has 2 aliphatic rings. The minimum Gasteiger partial charge on any atom is -0.504 e. The lowest BCUT2D eigenvalue weighted by molar-refractivity contribution is -0.115. The zero-order valence-electron chi connectivity index (χ0n) is 20.9. The zero-order chi connectivity index (χ0) is 26.5. The van der Waals surface area contributed by atoms with Crippen LogP contribution < -0.4 is 21.5 Å². The van der Waals surface area contributed by atoms with Gasteiger partial charge in [-0.2, -0.15) is 4.31 Å². The van der Waals surface area contributed by atoms with Crippen LogP contribution in [0.2, 0.25) is 0 Å². The number of ether oxygens (including phenoxy) is 1. The van der Waals surface area contributed by atoms with Gasteiger partial charge in [-0.05, 0) is 38.2 Å². The van der Waals surface area contributed by atoms with Crippen LogP contribution in [0.15, 0.2) is 49.2 Å². The second-order valence-electron chi connectivity index (χ2n) is 10.1. The maximum absolute atomic E-state index is 13.2. The Morgan fingerprint density at radius 2 is 1.70 bits per heavy atom. The first-order valence-corrected chi connectivity index (χ1v) is 13.5. The number of aromatic hydroxyl groups is 1. The molecule has 12 heteroatoms. The van der Waals surface area contributed by atoms with Gasteiger partial charge in [-0.15, -0.1) is 0 Å². The molecule has 3 heterocycles. The highest BCUT2D eigenvalue weighted by molar-refractivity contribution is 7.89. The quantitative estimate of drug-likeness (QED) is 0.291. The monoisotopic (exact) mass is 530 g/mol. The van der Waals surface area contributed by atoms with Gasteiger partial charge in [0.15, 0.2) is 5.75 Å². The van der Waals surface area contributed by atoms with Crippen molar-refractivity contribution in [2.45, 2.75) is 24.8 Å². The van der Waals surface area contributed by atoms with Crippen LogP contribution >= 0.6 is 0 Å². The van der Waals surface area contributed by atoms with E-state index in [9.17, 15) is 23.1 Å². The van der Waals surface area contributed by atoms with Gasteiger partial charge in [0.2, 0.25) is 10.0 Å². The molecule has 3 N–H and O–H groups in total. The van der Waals surface area contributed by atoms with Crippen LogP contribution in [0.25, 0.3) is 0 Å². The molecule has 0 amide bonds. The average Bonchev–Trinajstić information content (AvgIpc) is 3.28. The number of likely N-dealkylation sites (N-methyl/N-ethyl adjacent to an activating group) is 1. The number of benzene rings is 1. The third-order valence-electron chi connectivity index (χ3n) is 7.14. The molecule has 2 fully saturated rings. The molecule has 198 valence electrons. The minimum atomic E-state index is -3.96. The largest absolute Gasteiger partial charge is 0.504 e. The number of anilines is 3. The fourth-order valence-electron chi connectivity index (χ4n) is 4.71. The van der Waals surface area contributed by atoms with E-state index in [-0.39, 0.29) is 27.4 Å². The van der Waals surface area contributed by atoms with Crippen molar-refractivity contribution in [1.29, 1.82) is 0 Å². The molecule has 2 saturated heterocycles. The smallest absolute Gasteiger partial charge is 0.253 e. The third-order valence-corrected chi connectivity index (χ3v) is 9.07. The molecule has 5 rings (SSSR count). The van der Waals surface area contributed by atoms with Crippen molar-refractivity contribution in [3.8, 4) is 5.75 Å². The SMILES string of the molecule is Cc1ccc(C(Nc2c(Nc3cccc(S(=O)(=O)N4CCN(C)CC4)c3O)c(=O)c2=O)C2(C)COC2)o1. The molecular weight excluding hydrogens is 500 g/mol. The Morgan fingerprint density at radius 3 is 2.30 bits per heavy atom. The fraction of sp³-hybridized carbons (Fsp3) is 0.440. The summed E-state index contributed by atoms with van der Waals surface area (Å²) in [6.07, 6.45) is 0. The number of furan rings is 1. The van der Waals surface area contributed by atoms with Gasteiger partial charge in [-0.1, -0.05) is 13.0 Å². The molecule has 0 aliphatic carbocycles.